The van der Waals surface area contributed by atoms with E-state index in [1.165, 1.54) is 6.07 Å². The van der Waals surface area contributed by atoms with E-state index in [1.54, 1.807) is 36.5 Å². The van der Waals surface area contributed by atoms with E-state index in [9.17, 15) is 24.0 Å². The second kappa shape index (κ2) is 16.9. The first-order valence-corrected chi connectivity index (χ1v) is 21.2. The molecule has 4 fully saturated rings. The molecule has 0 radical (unpaired) electrons. The predicted octanol–water partition coefficient (Wildman–Crippen LogP) is 5.48. The smallest absolute Gasteiger partial charge is 0.262 e. The Morgan fingerprint density at radius 3 is 2.36 bits per heavy atom. The van der Waals surface area contributed by atoms with E-state index in [1.807, 2.05) is 24.3 Å². The summed E-state index contributed by atoms with van der Waals surface area (Å²) < 4.78 is 21.9. The molecular formula is C46H47FN8O6. The molecule has 1 atom stereocenters. The number of carbonyl (C=O) groups is 5. The lowest BCUT2D eigenvalue weighted by molar-refractivity contribution is -0.136. The van der Waals surface area contributed by atoms with Crippen molar-refractivity contribution in [1.82, 2.24) is 25.4 Å². The lowest BCUT2D eigenvalue weighted by atomic mass is 9.92. The van der Waals surface area contributed by atoms with Crippen molar-refractivity contribution in [2.45, 2.75) is 69.6 Å². The van der Waals surface area contributed by atoms with Crippen molar-refractivity contribution < 1.29 is 33.1 Å². The standard InChI is InChI=1S/C46H47FN8O6/c1-48-37-11-14-40(34-3-2-18-49-42(34)37)61-32-8-5-30(6-9-32)50-43(57)29-4-12-38(36(47)25-29)54-19-16-28(17-20-54)27-52-21-23-53(24-22-52)31-7-10-33-35(26-31)46(60)55(45(33)59)39-13-15-41(56)51-44(39)58/h2-4,7,10-12,14,18,25-26,28,30,32,39H,5-6,8-9,13,15-17,19-24,27H2,(H,50,57)(H,51,56,58). The van der Waals surface area contributed by atoms with Gasteiger partial charge in [0.25, 0.3) is 17.7 Å². The second-order valence-electron chi connectivity index (χ2n) is 16.7. The van der Waals surface area contributed by atoms with Gasteiger partial charge >= 0.3 is 0 Å². The van der Waals surface area contributed by atoms with Crippen molar-refractivity contribution in [3.63, 3.8) is 0 Å². The van der Waals surface area contributed by atoms with Crippen molar-refractivity contribution >= 4 is 57.5 Å². The first-order valence-electron chi connectivity index (χ1n) is 21.2. The number of benzene rings is 3. The van der Waals surface area contributed by atoms with Crippen LogP contribution in [0, 0.1) is 18.3 Å². The Morgan fingerprint density at radius 1 is 0.852 bits per heavy atom. The first kappa shape index (κ1) is 40.0. The van der Waals surface area contributed by atoms with Crippen LogP contribution in [0.1, 0.15) is 82.4 Å². The van der Waals surface area contributed by atoms with E-state index in [0.717, 1.165) is 100 Å². The van der Waals surface area contributed by atoms with Crippen LogP contribution in [0.25, 0.3) is 15.7 Å². The summed E-state index contributed by atoms with van der Waals surface area (Å²) in [6.45, 7) is 13.0. The third kappa shape index (κ3) is 8.12. The molecule has 5 aliphatic rings. The molecule has 14 nitrogen and oxygen atoms in total. The Morgan fingerprint density at radius 2 is 1.62 bits per heavy atom. The van der Waals surface area contributed by atoms with Crippen LogP contribution in [0.5, 0.6) is 5.75 Å². The number of halogens is 1. The zero-order valence-electron chi connectivity index (χ0n) is 33.8. The number of nitrogens with zero attached hydrogens (tertiary/aromatic N) is 6. The van der Waals surface area contributed by atoms with Gasteiger partial charge in [0, 0.05) is 81.1 Å². The van der Waals surface area contributed by atoms with Crippen LogP contribution in [0.15, 0.2) is 66.9 Å². The maximum atomic E-state index is 15.5. The lowest BCUT2D eigenvalue weighted by Crippen LogP contribution is -2.54. The molecule has 314 valence electrons. The van der Waals surface area contributed by atoms with Crippen LogP contribution in [0.2, 0.25) is 0 Å². The van der Waals surface area contributed by atoms with E-state index in [-0.39, 0.29) is 42.0 Å². The summed E-state index contributed by atoms with van der Waals surface area (Å²) in [5, 5.41) is 6.15. The molecule has 0 bridgehead atoms. The van der Waals surface area contributed by atoms with Crippen LogP contribution in [0.3, 0.4) is 0 Å². The molecule has 9 rings (SSSR count). The highest BCUT2D eigenvalue weighted by atomic mass is 19.1. The highest BCUT2D eigenvalue weighted by Crippen LogP contribution is 2.35. The van der Waals surface area contributed by atoms with Crippen LogP contribution >= 0.6 is 0 Å². The highest BCUT2D eigenvalue weighted by Gasteiger charge is 2.45. The van der Waals surface area contributed by atoms with E-state index >= 15 is 4.39 Å². The van der Waals surface area contributed by atoms with Crippen molar-refractivity contribution in [2.75, 3.05) is 55.6 Å². The number of aromatic nitrogens is 1. The van der Waals surface area contributed by atoms with E-state index in [2.05, 4.69) is 35.2 Å². The van der Waals surface area contributed by atoms with Gasteiger partial charge in [-0.15, -0.1) is 0 Å². The van der Waals surface area contributed by atoms with E-state index < -0.39 is 35.5 Å². The summed E-state index contributed by atoms with van der Waals surface area (Å²) in [5.74, 6) is -1.54. The molecule has 5 heterocycles. The molecule has 1 unspecified atom stereocenters. The van der Waals surface area contributed by atoms with Gasteiger partial charge in [-0.1, -0.05) is 6.07 Å². The maximum absolute atomic E-state index is 15.5. The third-order valence-corrected chi connectivity index (χ3v) is 13.0. The molecule has 4 aliphatic heterocycles. The summed E-state index contributed by atoms with van der Waals surface area (Å²) >= 11 is 0. The minimum Gasteiger partial charge on any atom is -0.490 e. The highest BCUT2D eigenvalue weighted by molar-refractivity contribution is 6.23. The monoisotopic (exact) mass is 826 g/mol. The predicted molar refractivity (Wildman–Crippen MR) is 225 cm³/mol. The van der Waals surface area contributed by atoms with Crippen LogP contribution in [0.4, 0.5) is 21.5 Å². The first-order chi connectivity index (χ1) is 29.6. The minimum absolute atomic E-state index is 0.0179. The zero-order chi connectivity index (χ0) is 42.2. The zero-order valence-corrected chi connectivity index (χ0v) is 33.8. The molecular weight excluding hydrogens is 780 g/mol. The molecule has 1 aliphatic carbocycles. The molecule has 4 aromatic rings. The molecule has 0 spiro atoms. The number of piperidine rings is 2. The Labute approximate surface area is 352 Å². The van der Waals surface area contributed by atoms with Crippen molar-refractivity contribution in [3.05, 3.63) is 101 Å². The van der Waals surface area contributed by atoms with Gasteiger partial charge in [-0.25, -0.2) is 9.24 Å². The number of fused-ring (bicyclic) bond motifs is 2. The minimum atomic E-state index is -0.990. The summed E-state index contributed by atoms with van der Waals surface area (Å²) in [4.78, 5) is 79.4. The molecule has 3 saturated heterocycles. The Kier molecular flexibility index (Phi) is 11.1. The molecule has 1 saturated carbocycles. The van der Waals surface area contributed by atoms with Crippen LogP contribution < -0.4 is 25.2 Å². The number of hydrogen-bond donors (Lipinski definition) is 2. The van der Waals surface area contributed by atoms with Crippen molar-refractivity contribution in [3.8, 4) is 5.75 Å². The molecule has 61 heavy (non-hydrogen) atoms. The summed E-state index contributed by atoms with van der Waals surface area (Å²) in [6.07, 6.45) is 6.71. The van der Waals surface area contributed by atoms with Crippen LogP contribution in [-0.2, 0) is 9.59 Å². The number of imide groups is 2. The van der Waals surface area contributed by atoms with Gasteiger partial charge in [0.2, 0.25) is 17.5 Å². The number of rotatable bonds is 9. The Balaban J connectivity index is 0.714. The maximum Gasteiger partial charge on any atom is 0.262 e. The SMILES string of the molecule is [C-]#[N+]c1ccc(OC2CCC(NC(=O)c3ccc(N4CCC(CN5CCN(c6ccc7c(c6)C(=O)N(C6CCC(=O)NC6=O)C7=O)CC5)CC4)c(F)c3)CC2)c2cccnc12. The fraction of sp³-hybridized carbons (Fsp3) is 0.413. The van der Waals surface area contributed by atoms with Gasteiger partial charge < -0.3 is 19.9 Å². The molecule has 5 amide bonds. The summed E-state index contributed by atoms with van der Waals surface area (Å²) in [5.41, 5.74) is 3.35. The normalized spacial score (nSPS) is 22.6. The number of amides is 5. The largest absolute Gasteiger partial charge is 0.490 e. The van der Waals surface area contributed by atoms with E-state index in [0.29, 0.717) is 34.1 Å². The lowest BCUT2D eigenvalue weighted by Gasteiger charge is -2.40. The van der Waals surface area contributed by atoms with Crippen molar-refractivity contribution in [2.24, 2.45) is 5.92 Å². The number of ether oxygens (including phenoxy) is 1. The fourth-order valence-corrected chi connectivity index (χ4v) is 9.57. The number of piperazine rings is 1. The second-order valence-corrected chi connectivity index (χ2v) is 16.7. The summed E-state index contributed by atoms with van der Waals surface area (Å²) in [7, 11) is 0. The van der Waals surface area contributed by atoms with Gasteiger partial charge in [-0.2, -0.15) is 0 Å². The number of hydrogen-bond acceptors (Lipinski definition) is 10. The molecule has 15 heteroatoms. The number of carbonyl (C=O) groups excluding carboxylic acids is 5. The van der Waals surface area contributed by atoms with Gasteiger partial charge in [0.1, 0.15) is 17.6 Å². The third-order valence-electron chi connectivity index (χ3n) is 13.0. The van der Waals surface area contributed by atoms with E-state index in [4.69, 9.17) is 11.3 Å². The Hall–Kier alpha value is -6.40. The van der Waals surface area contributed by atoms with Gasteiger partial charge in [-0.05, 0) is 105 Å². The fourth-order valence-electron chi connectivity index (χ4n) is 9.57. The molecule has 2 N–H and O–H groups in total. The van der Waals surface area contributed by atoms with Gasteiger partial charge in [0.15, 0.2) is 0 Å². The number of anilines is 2. The molecule has 3 aromatic carbocycles. The number of nitrogens with one attached hydrogen (secondary N) is 2. The average molecular weight is 827 g/mol. The van der Waals surface area contributed by atoms with Gasteiger partial charge in [-0.3, -0.25) is 44.1 Å². The number of pyridine rings is 1. The van der Waals surface area contributed by atoms with Gasteiger partial charge in [0.05, 0.1) is 35.0 Å². The van der Waals surface area contributed by atoms with Crippen molar-refractivity contribution in [1.29, 1.82) is 0 Å². The average Bonchev–Trinajstić information content (AvgIpc) is 3.52. The Bertz CT molecular complexity index is 2450. The van der Waals surface area contributed by atoms with Crippen LogP contribution in [-0.4, -0.2) is 108 Å². The molecule has 1 aromatic heterocycles. The summed E-state index contributed by atoms with van der Waals surface area (Å²) in [6, 6.07) is 16.3. The topological polar surface area (TPSA) is 149 Å². The quantitative estimate of drug-likeness (QED) is 0.164.